The molecule has 11 heavy (non-hydrogen) atoms. The molecule has 0 aliphatic rings. The van der Waals surface area contributed by atoms with Crippen molar-refractivity contribution in [2.45, 2.75) is 19.4 Å². The van der Waals surface area contributed by atoms with Gasteiger partial charge in [-0.25, -0.2) is 4.39 Å². The number of aromatic nitrogens is 1. The monoisotopic (exact) mass is 155 g/mol. The Labute approximate surface area is 64.7 Å². The largest absolute Gasteiger partial charge is 0.393 e. The van der Waals surface area contributed by atoms with Gasteiger partial charge in [0.05, 0.1) is 11.8 Å². The molecule has 1 aromatic heterocycles. The number of aliphatic hydroxyl groups is 1. The van der Waals surface area contributed by atoms with Gasteiger partial charge in [0.25, 0.3) is 0 Å². The molecule has 0 aromatic carbocycles. The highest BCUT2D eigenvalue weighted by atomic mass is 19.1. The summed E-state index contributed by atoms with van der Waals surface area (Å²) in [5, 5.41) is 8.92. The minimum absolute atomic E-state index is 0.271. The summed E-state index contributed by atoms with van der Waals surface area (Å²) in [4.78, 5) is 3.78. The van der Waals surface area contributed by atoms with E-state index < -0.39 is 6.10 Å². The van der Waals surface area contributed by atoms with Crippen LogP contribution in [0.5, 0.6) is 0 Å². The van der Waals surface area contributed by atoms with Crippen molar-refractivity contribution in [3.8, 4) is 0 Å². The lowest BCUT2D eigenvalue weighted by atomic mass is 10.2. The maximum absolute atomic E-state index is 12.8. The second kappa shape index (κ2) is 3.44. The summed E-state index contributed by atoms with van der Waals surface area (Å²) in [7, 11) is 0. The van der Waals surface area contributed by atoms with E-state index in [0.29, 0.717) is 5.69 Å². The molecule has 0 aliphatic carbocycles. The van der Waals surface area contributed by atoms with Crippen LogP contribution in [0.2, 0.25) is 0 Å². The molecule has 1 heterocycles. The fourth-order valence-corrected chi connectivity index (χ4v) is 0.848. The number of rotatable bonds is 2. The maximum Gasteiger partial charge on any atom is 0.144 e. The quantitative estimate of drug-likeness (QED) is 0.694. The zero-order valence-electron chi connectivity index (χ0n) is 6.29. The van der Waals surface area contributed by atoms with E-state index in [0.717, 1.165) is 0 Å². The van der Waals surface area contributed by atoms with Crippen LogP contribution in [0, 0.1) is 5.82 Å². The van der Waals surface area contributed by atoms with Gasteiger partial charge in [-0.05, 0) is 19.1 Å². The normalized spacial score (nSPS) is 13.0. The fraction of sp³-hybridized carbons (Fsp3) is 0.375. The van der Waals surface area contributed by atoms with Crippen molar-refractivity contribution in [1.82, 2.24) is 4.98 Å². The first-order valence-corrected chi connectivity index (χ1v) is 3.47. The first-order chi connectivity index (χ1) is 5.20. The van der Waals surface area contributed by atoms with Gasteiger partial charge in [-0.2, -0.15) is 0 Å². The van der Waals surface area contributed by atoms with Crippen LogP contribution in [0.15, 0.2) is 18.3 Å². The number of aliphatic hydroxyl groups excluding tert-OH is 1. The molecule has 1 N–H and O–H groups in total. The Hall–Kier alpha value is -0.960. The molecule has 1 aromatic rings. The van der Waals surface area contributed by atoms with Crippen LogP contribution in [0.1, 0.15) is 12.6 Å². The summed E-state index contributed by atoms with van der Waals surface area (Å²) in [6.07, 6.45) is 1.24. The zero-order valence-corrected chi connectivity index (χ0v) is 6.29. The third-order valence-electron chi connectivity index (χ3n) is 1.32. The Morgan fingerprint density at radius 2 is 2.45 bits per heavy atom. The SMILES string of the molecule is CC(O)Cc1ncccc1F. The van der Waals surface area contributed by atoms with E-state index in [9.17, 15) is 4.39 Å². The van der Waals surface area contributed by atoms with Crippen LogP contribution in [0.3, 0.4) is 0 Å². The third kappa shape index (κ3) is 2.27. The van der Waals surface area contributed by atoms with E-state index in [1.807, 2.05) is 0 Å². The molecular weight excluding hydrogens is 145 g/mol. The van der Waals surface area contributed by atoms with Crippen molar-refractivity contribution < 1.29 is 9.50 Å². The zero-order chi connectivity index (χ0) is 8.27. The molecule has 0 amide bonds. The molecule has 2 nitrogen and oxygen atoms in total. The lowest BCUT2D eigenvalue weighted by molar-refractivity contribution is 0.192. The fourth-order valence-electron chi connectivity index (χ4n) is 0.848. The average molecular weight is 155 g/mol. The van der Waals surface area contributed by atoms with Gasteiger partial charge in [0.15, 0.2) is 0 Å². The van der Waals surface area contributed by atoms with E-state index in [1.165, 1.54) is 18.3 Å². The van der Waals surface area contributed by atoms with Gasteiger partial charge in [0.2, 0.25) is 0 Å². The molecule has 0 saturated heterocycles. The number of hydrogen-bond acceptors (Lipinski definition) is 2. The first kappa shape index (κ1) is 8.14. The standard InChI is InChI=1S/C8H10FNO/c1-6(11)5-8-7(9)3-2-4-10-8/h2-4,6,11H,5H2,1H3. The highest BCUT2D eigenvalue weighted by Crippen LogP contribution is 2.04. The van der Waals surface area contributed by atoms with Gasteiger partial charge in [-0.15, -0.1) is 0 Å². The summed E-state index contributed by atoms with van der Waals surface area (Å²) in [6.45, 7) is 1.61. The highest BCUT2D eigenvalue weighted by molar-refractivity contribution is 5.07. The van der Waals surface area contributed by atoms with Crippen LogP contribution in [-0.2, 0) is 6.42 Å². The van der Waals surface area contributed by atoms with Crippen LogP contribution in [-0.4, -0.2) is 16.2 Å². The van der Waals surface area contributed by atoms with Crippen LogP contribution in [0.4, 0.5) is 4.39 Å². The molecule has 3 heteroatoms. The van der Waals surface area contributed by atoms with Gasteiger partial charge in [-0.1, -0.05) is 0 Å². The molecule has 0 fully saturated rings. The van der Waals surface area contributed by atoms with Gasteiger partial charge in [-0.3, -0.25) is 4.98 Å². The van der Waals surface area contributed by atoms with Crippen molar-refractivity contribution in [1.29, 1.82) is 0 Å². The Balaban J connectivity index is 2.78. The summed E-state index contributed by atoms with van der Waals surface area (Å²) < 4.78 is 12.8. The summed E-state index contributed by atoms with van der Waals surface area (Å²) in [5.41, 5.74) is 0.322. The number of hydrogen-bond donors (Lipinski definition) is 1. The Kier molecular flexibility index (Phi) is 2.54. The lowest BCUT2D eigenvalue weighted by Gasteiger charge is -2.02. The molecule has 1 rings (SSSR count). The Morgan fingerprint density at radius 3 is 3.00 bits per heavy atom. The predicted molar refractivity (Wildman–Crippen MR) is 39.6 cm³/mol. The van der Waals surface area contributed by atoms with E-state index in [-0.39, 0.29) is 12.2 Å². The van der Waals surface area contributed by atoms with Crippen LogP contribution in [0.25, 0.3) is 0 Å². The molecule has 1 unspecified atom stereocenters. The maximum atomic E-state index is 12.8. The van der Waals surface area contributed by atoms with Gasteiger partial charge in [0, 0.05) is 12.6 Å². The van der Waals surface area contributed by atoms with Crippen LogP contribution >= 0.6 is 0 Å². The van der Waals surface area contributed by atoms with Crippen molar-refractivity contribution in [2.75, 3.05) is 0 Å². The third-order valence-corrected chi connectivity index (χ3v) is 1.32. The van der Waals surface area contributed by atoms with Crippen molar-refractivity contribution in [2.24, 2.45) is 0 Å². The number of nitrogens with zero attached hydrogens (tertiary/aromatic N) is 1. The minimum Gasteiger partial charge on any atom is -0.393 e. The molecule has 60 valence electrons. The van der Waals surface area contributed by atoms with E-state index >= 15 is 0 Å². The molecule has 1 atom stereocenters. The molecule has 0 aliphatic heterocycles. The molecule has 0 spiro atoms. The van der Waals surface area contributed by atoms with Gasteiger partial charge in [0.1, 0.15) is 5.82 Å². The van der Waals surface area contributed by atoms with Gasteiger partial charge >= 0.3 is 0 Å². The summed E-state index contributed by atoms with van der Waals surface area (Å²) >= 11 is 0. The number of halogens is 1. The van der Waals surface area contributed by atoms with Crippen molar-refractivity contribution >= 4 is 0 Å². The van der Waals surface area contributed by atoms with Crippen molar-refractivity contribution in [3.05, 3.63) is 29.8 Å². The lowest BCUT2D eigenvalue weighted by Crippen LogP contribution is -2.07. The van der Waals surface area contributed by atoms with Crippen molar-refractivity contribution in [3.63, 3.8) is 0 Å². The second-order valence-electron chi connectivity index (χ2n) is 2.49. The highest BCUT2D eigenvalue weighted by Gasteiger charge is 2.04. The molecular formula is C8H10FNO. The summed E-state index contributed by atoms with van der Waals surface area (Å²) in [5.74, 6) is -0.353. The Morgan fingerprint density at radius 1 is 1.73 bits per heavy atom. The molecule has 0 saturated carbocycles. The second-order valence-corrected chi connectivity index (χ2v) is 2.49. The predicted octanol–water partition coefficient (Wildman–Crippen LogP) is 1.14. The van der Waals surface area contributed by atoms with E-state index in [1.54, 1.807) is 6.92 Å². The first-order valence-electron chi connectivity index (χ1n) is 3.47. The smallest absolute Gasteiger partial charge is 0.144 e. The molecule has 0 bridgehead atoms. The molecule has 0 radical (unpaired) electrons. The summed E-state index contributed by atoms with van der Waals surface area (Å²) in [6, 6.07) is 2.87. The topological polar surface area (TPSA) is 33.1 Å². The minimum atomic E-state index is -0.542. The van der Waals surface area contributed by atoms with Gasteiger partial charge < -0.3 is 5.11 Å². The Bertz CT molecular complexity index is 237. The average Bonchev–Trinajstić information content (AvgIpc) is 1.93. The van der Waals surface area contributed by atoms with E-state index in [4.69, 9.17) is 5.11 Å². The van der Waals surface area contributed by atoms with Crippen LogP contribution < -0.4 is 0 Å². The van der Waals surface area contributed by atoms with E-state index in [2.05, 4.69) is 4.98 Å². The number of pyridine rings is 1.